The standard InChI is InChI=1S/C12H12O2/c1-3-7-10-8-5-6-9-11(10)14-12(13)4-2/h3-9H,2H2,1H3. The van der Waals surface area contributed by atoms with Gasteiger partial charge in [0.1, 0.15) is 5.75 Å². The lowest BCUT2D eigenvalue weighted by molar-refractivity contribution is -0.128. The molecule has 0 aliphatic heterocycles. The summed E-state index contributed by atoms with van der Waals surface area (Å²) in [4.78, 5) is 11.0. The molecule has 0 bridgehead atoms. The molecule has 1 aromatic carbocycles. The van der Waals surface area contributed by atoms with Crippen molar-refractivity contribution in [2.75, 3.05) is 0 Å². The maximum Gasteiger partial charge on any atom is 0.335 e. The number of para-hydroxylation sites is 1. The van der Waals surface area contributed by atoms with Gasteiger partial charge in [-0.25, -0.2) is 4.79 Å². The highest BCUT2D eigenvalue weighted by Gasteiger charge is 2.02. The van der Waals surface area contributed by atoms with Gasteiger partial charge in [-0.05, 0) is 13.0 Å². The minimum atomic E-state index is -0.443. The van der Waals surface area contributed by atoms with Gasteiger partial charge in [0.15, 0.2) is 0 Å². The smallest absolute Gasteiger partial charge is 0.335 e. The molecule has 72 valence electrons. The second-order valence-electron chi connectivity index (χ2n) is 2.66. The molecule has 0 unspecified atom stereocenters. The van der Waals surface area contributed by atoms with Crippen LogP contribution in [-0.2, 0) is 4.79 Å². The van der Waals surface area contributed by atoms with Crippen molar-refractivity contribution in [1.29, 1.82) is 0 Å². The minimum absolute atomic E-state index is 0.443. The van der Waals surface area contributed by atoms with Gasteiger partial charge in [-0.1, -0.05) is 36.9 Å². The first-order valence-electron chi connectivity index (χ1n) is 4.34. The summed E-state index contributed by atoms with van der Waals surface area (Å²) in [5.74, 6) is 0.109. The zero-order chi connectivity index (χ0) is 10.4. The van der Waals surface area contributed by atoms with Gasteiger partial charge in [0.05, 0.1) is 0 Å². The number of carbonyl (C=O) groups excluding carboxylic acids is 1. The highest BCUT2D eigenvalue weighted by atomic mass is 16.5. The molecular weight excluding hydrogens is 176 g/mol. The van der Waals surface area contributed by atoms with Crippen LogP contribution in [0, 0.1) is 0 Å². The van der Waals surface area contributed by atoms with Crippen LogP contribution in [0.3, 0.4) is 0 Å². The fourth-order valence-electron chi connectivity index (χ4n) is 1.04. The Morgan fingerprint density at radius 2 is 2.14 bits per heavy atom. The van der Waals surface area contributed by atoms with Crippen molar-refractivity contribution in [3.63, 3.8) is 0 Å². The largest absolute Gasteiger partial charge is 0.423 e. The van der Waals surface area contributed by atoms with Crippen molar-refractivity contribution < 1.29 is 9.53 Å². The molecule has 0 aliphatic carbocycles. The Morgan fingerprint density at radius 1 is 1.43 bits per heavy atom. The number of rotatable bonds is 3. The van der Waals surface area contributed by atoms with Gasteiger partial charge in [-0.3, -0.25) is 0 Å². The molecule has 0 saturated carbocycles. The molecular formula is C12H12O2. The third-order valence-electron chi connectivity index (χ3n) is 1.64. The summed E-state index contributed by atoms with van der Waals surface area (Å²) in [5, 5.41) is 0. The van der Waals surface area contributed by atoms with E-state index >= 15 is 0 Å². The molecule has 2 nitrogen and oxygen atoms in total. The Morgan fingerprint density at radius 3 is 2.79 bits per heavy atom. The highest BCUT2D eigenvalue weighted by molar-refractivity contribution is 5.84. The molecule has 0 aromatic heterocycles. The summed E-state index contributed by atoms with van der Waals surface area (Å²) in [6, 6.07) is 7.34. The average molecular weight is 188 g/mol. The van der Waals surface area contributed by atoms with Crippen LogP contribution in [0.1, 0.15) is 12.5 Å². The van der Waals surface area contributed by atoms with E-state index in [1.807, 2.05) is 37.3 Å². The SMILES string of the molecule is C=CC(=O)Oc1ccccc1C=CC. The van der Waals surface area contributed by atoms with Crippen LogP contribution in [0.5, 0.6) is 5.75 Å². The van der Waals surface area contributed by atoms with E-state index < -0.39 is 5.97 Å². The molecule has 0 spiro atoms. The fourth-order valence-corrected chi connectivity index (χ4v) is 1.04. The number of ether oxygens (including phenoxy) is 1. The van der Waals surface area contributed by atoms with Gasteiger partial charge in [-0.15, -0.1) is 0 Å². The number of esters is 1. The maximum absolute atomic E-state index is 11.0. The van der Waals surface area contributed by atoms with Crippen molar-refractivity contribution in [1.82, 2.24) is 0 Å². The van der Waals surface area contributed by atoms with E-state index in [-0.39, 0.29) is 0 Å². The van der Waals surface area contributed by atoms with E-state index in [9.17, 15) is 4.79 Å². The number of carbonyl (C=O) groups is 1. The van der Waals surface area contributed by atoms with Crippen LogP contribution in [0.2, 0.25) is 0 Å². The molecule has 1 rings (SSSR count). The molecule has 0 N–H and O–H groups in total. The maximum atomic E-state index is 11.0. The third kappa shape index (κ3) is 2.59. The number of hydrogen-bond donors (Lipinski definition) is 0. The van der Waals surface area contributed by atoms with Gasteiger partial charge >= 0.3 is 5.97 Å². The van der Waals surface area contributed by atoms with Gasteiger partial charge in [0, 0.05) is 11.6 Å². The summed E-state index contributed by atoms with van der Waals surface area (Å²) >= 11 is 0. The van der Waals surface area contributed by atoms with Crippen molar-refractivity contribution in [3.8, 4) is 5.75 Å². The van der Waals surface area contributed by atoms with Crippen LogP contribution in [0.4, 0.5) is 0 Å². The minimum Gasteiger partial charge on any atom is -0.423 e. The van der Waals surface area contributed by atoms with E-state index in [0.29, 0.717) is 5.75 Å². The first-order valence-corrected chi connectivity index (χ1v) is 4.34. The predicted molar refractivity (Wildman–Crippen MR) is 57.0 cm³/mol. The van der Waals surface area contributed by atoms with E-state index in [4.69, 9.17) is 4.74 Å². The van der Waals surface area contributed by atoms with Gasteiger partial charge < -0.3 is 4.74 Å². The molecule has 1 aromatic rings. The zero-order valence-electron chi connectivity index (χ0n) is 8.07. The van der Waals surface area contributed by atoms with Gasteiger partial charge in [-0.2, -0.15) is 0 Å². The molecule has 0 atom stereocenters. The summed E-state index contributed by atoms with van der Waals surface area (Å²) < 4.78 is 5.04. The first kappa shape index (κ1) is 10.3. The van der Waals surface area contributed by atoms with E-state index in [1.54, 1.807) is 6.07 Å². The Balaban J connectivity index is 2.95. The Kier molecular flexibility index (Phi) is 3.68. The predicted octanol–water partition coefficient (Wildman–Crippen LogP) is 2.81. The fraction of sp³-hybridized carbons (Fsp3) is 0.0833. The Bertz CT molecular complexity index is 364. The lowest BCUT2D eigenvalue weighted by Gasteiger charge is -2.04. The van der Waals surface area contributed by atoms with E-state index in [1.165, 1.54) is 0 Å². The quantitative estimate of drug-likeness (QED) is 0.414. The summed E-state index contributed by atoms with van der Waals surface area (Å²) in [6.45, 7) is 5.25. The van der Waals surface area contributed by atoms with Crippen LogP contribution in [0.15, 0.2) is 43.0 Å². The number of allylic oxidation sites excluding steroid dienone is 1. The van der Waals surface area contributed by atoms with Crippen molar-refractivity contribution in [2.24, 2.45) is 0 Å². The van der Waals surface area contributed by atoms with E-state index in [2.05, 4.69) is 6.58 Å². The lowest BCUT2D eigenvalue weighted by atomic mass is 10.2. The third-order valence-corrected chi connectivity index (χ3v) is 1.64. The summed E-state index contributed by atoms with van der Waals surface area (Å²) in [7, 11) is 0. The topological polar surface area (TPSA) is 26.3 Å². The molecule has 0 saturated heterocycles. The second-order valence-corrected chi connectivity index (χ2v) is 2.66. The van der Waals surface area contributed by atoms with Crippen LogP contribution in [-0.4, -0.2) is 5.97 Å². The molecule has 0 radical (unpaired) electrons. The Labute approximate surface area is 83.5 Å². The zero-order valence-corrected chi connectivity index (χ0v) is 8.07. The van der Waals surface area contributed by atoms with Crippen LogP contribution in [0.25, 0.3) is 6.08 Å². The van der Waals surface area contributed by atoms with Gasteiger partial charge in [0.2, 0.25) is 0 Å². The summed E-state index contributed by atoms with van der Waals surface area (Å²) in [6.07, 6.45) is 4.92. The normalized spacial score (nSPS) is 10.1. The number of benzene rings is 1. The van der Waals surface area contributed by atoms with Crippen molar-refractivity contribution in [3.05, 3.63) is 48.6 Å². The lowest BCUT2D eigenvalue weighted by Crippen LogP contribution is -2.03. The van der Waals surface area contributed by atoms with Crippen molar-refractivity contribution >= 4 is 12.0 Å². The van der Waals surface area contributed by atoms with Gasteiger partial charge in [0.25, 0.3) is 0 Å². The molecule has 14 heavy (non-hydrogen) atoms. The number of hydrogen-bond acceptors (Lipinski definition) is 2. The highest BCUT2D eigenvalue weighted by Crippen LogP contribution is 2.19. The molecule has 0 heterocycles. The monoisotopic (exact) mass is 188 g/mol. The van der Waals surface area contributed by atoms with Crippen molar-refractivity contribution in [2.45, 2.75) is 6.92 Å². The second kappa shape index (κ2) is 5.02. The molecule has 2 heteroatoms. The Hall–Kier alpha value is -1.83. The summed E-state index contributed by atoms with van der Waals surface area (Å²) in [5.41, 5.74) is 0.880. The average Bonchev–Trinajstić information content (AvgIpc) is 2.21. The first-order chi connectivity index (χ1) is 6.77. The van der Waals surface area contributed by atoms with Crippen LogP contribution < -0.4 is 4.74 Å². The molecule has 0 fully saturated rings. The molecule has 0 amide bonds. The molecule has 0 aliphatic rings. The van der Waals surface area contributed by atoms with Crippen LogP contribution >= 0.6 is 0 Å². The van der Waals surface area contributed by atoms with E-state index in [0.717, 1.165) is 11.6 Å².